The zero-order valence-corrected chi connectivity index (χ0v) is 9.16. The van der Waals surface area contributed by atoms with E-state index in [1.807, 2.05) is 0 Å². The van der Waals surface area contributed by atoms with Gasteiger partial charge >= 0.3 is 0 Å². The van der Waals surface area contributed by atoms with Crippen molar-refractivity contribution in [3.05, 3.63) is 23.2 Å². The van der Waals surface area contributed by atoms with Gasteiger partial charge in [0.25, 0.3) is 7.59 Å². The third kappa shape index (κ3) is 2.39. The van der Waals surface area contributed by atoms with E-state index < -0.39 is 7.59 Å². The van der Waals surface area contributed by atoms with Crippen molar-refractivity contribution in [2.45, 2.75) is 0 Å². The van der Waals surface area contributed by atoms with Gasteiger partial charge in [0.05, 0.1) is 10.7 Å². The van der Waals surface area contributed by atoms with Gasteiger partial charge in [0.1, 0.15) is 5.75 Å². The molecule has 1 aromatic rings. The van der Waals surface area contributed by atoms with Gasteiger partial charge in [-0.1, -0.05) is 11.6 Å². The topological polar surface area (TPSA) is 92.6 Å². The van der Waals surface area contributed by atoms with E-state index in [0.29, 0.717) is 5.69 Å². The Morgan fingerprint density at radius 3 is 2.50 bits per heavy atom. The molecule has 0 fully saturated rings. The normalized spacial score (nSPS) is 11.4. The second kappa shape index (κ2) is 3.79. The molecule has 0 bridgehead atoms. The molecule has 0 heterocycles. The standard InChI is InChI=1S/C7H11ClN3O2P/c1-11(14(9,10)13)7-3-2-5(12)4-6(7)8/h2-4,12H,1H3,(H4,9,10,13). The van der Waals surface area contributed by atoms with Gasteiger partial charge in [-0.25, -0.2) is 0 Å². The Hall–Kier alpha value is -0.740. The molecule has 0 aromatic heterocycles. The van der Waals surface area contributed by atoms with Crippen LogP contribution in [0.5, 0.6) is 5.75 Å². The van der Waals surface area contributed by atoms with Crippen molar-refractivity contribution < 1.29 is 9.67 Å². The summed E-state index contributed by atoms with van der Waals surface area (Å²) in [5, 5.41) is 9.33. The van der Waals surface area contributed by atoms with Gasteiger partial charge < -0.3 is 9.78 Å². The third-order valence-electron chi connectivity index (χ3n) is 1.75. The Morgan fingerprint density at radius 1 is 1.50 bits per heavy atom. The maximum absolute atomic E-state index is 11.3. The number of nitrogens with two attached hydrogens (primary N) is 2. The maximum Gasteiger partial charge on any atom is 0.300 e. The molecule has 0 aliphatic heterocycles. The molecule has 0 unspecified atom stereocenters. The monoisotopic (exact) mass is 235 g/mol. The van der Waals surface area contributed by atoms with Gasteiger partial charge in [0, 0.05) is 13.1 Å². The molecule has 0 saturated carbocycles. The van der Waals surface area contributed by atoms with Gasteiger partial charge in [-0.3, -0.25) is 15.6 Å². The Morgan fingerprint density at radius 2 is 2.07 bits per heavy atom. The fourth-order valence-corrected chi connectivity index (χ4v) is 1.80. The highest BCUT2D eigenvalue weighted by Crippen LogP contribution is 2.40. The van der Waals surface area contributed by atoms with Gasteiger partial charge in [-0.2, -0.15) is 0 Å². The number of hydrogen-bond acceptors (Lipinski definition) is 2. The van der Waals surface area contributed by atoms with Crippen molar-refractivity contribution in [2.24, 2.45) is 11.0 Å². The van der Waals surface area contributed by atoms with E-state index in [2.05, 4.69) is 0 Å². The summed E-state index contributed by atoms with van der Waals surface area (Å²) in [6.45, 7) is 0. The number of rotatable bonds is 2. The van der Waals surface area contributed by atoms with Crippen LogP contribution in [0.15, 0.2) is 18.2 Å². The number of halogens is 1. The van der Waals surface area contributed by atoms with Gasteiger partial charge in [0.2, 0.25) is 0 Å². The van der Waals surface area contributed by atoms with E-state index in [4.69, 9.17) is 27.7 Å². The van der Waals surface area contributed by atoms with Crippen LogP contribution in [0, 0.1) is 0 Å². The van der Waals surface area contributed by atoms with Crippen LogP contribution in [0.25, 0.3) is 0 Å². The van der Waals surface area contributed by atoms with E-state index in [-0.39, 0.29) is 10.8 Å². The van der Waals surface area contributed by atoms with Gasteiger partial charge in [-0.15, -0.1) is 0 Å². The van der Waals surface area contributed by atoms with Crippen LogP contribution in [-0.4, -0.2) is 12.2 Å². The van der Waals surface area contributed by atoms with Crippen molar-refractivity contribution in [3.63, 3.8) is 0 Å². The lowest BCUT2D eigenvalue weighted by Gasteiger charge is -2.23. The molecule has 0 amide bonds. The summed E-state index contributed by atoms with van der Waals surface area (Å²) in [6, 6.07) is 4.22. The largest absolute Gasteiger partial charge is 0.508 e. The summed E-state index contributed by atoms with van der Waals surface area (Å²) >= 11 is 5.80. The highest BCUT2D eigenvalue weighted by atomic mass is 35.5. The van der Waals surface area contributed by atoms with Crippen molar-refractivity contribution >= 4 is 24.9 Å². The molecule has 1 aromatic carbocycles. The minimum absolute atomic E-state index is 0.0241. The average Bonchev–Trinajstić information content (AvgIpc) is 2.01. The van der Waals surface area contributed by atoms with Crippen LogP contribution in [0.3, 0.4) is 0 Å². The van der Waals surface area contributed by atoms with Crippen LogP contribution in [0.1, 0.15) is 0 Å². The molecule has 78 valence electrons. The lowest BCUT2D eigenvalue weighted by Crippen LogP contribution is -2.24. The SMILES string of the molecule is CN(c1ccc(O)cc1Cl)P(N)(N)=O. The predicted octanol–water partition coefficient (Wildman–Crippen LogP) is 1.51. The molecular formula is C7H11ClN3O2P. The predicted molar refractivity (Wildman–Crippen MR) is 57.5 cm³/mol. The van der Waals surface area contributed by atoms with Crippen molar-refractivity contribution in [2.75, 3.05) is 11.7 Å². The fourth-order valence-electron chi connectivity index (χ4n) is 0.927. The van der Waals surface area contributed by atoms with Crippen LogP contribution in [0.2, 0.25) is 5.02 Å². The molecule has 0 atom stereocenters. The number of anilines is 1. The lowest BCUT2D eigenvalue weighted by molar-refractivity contribution is 0.475. The molecular weight excluding hydrogens is 225 g/mol. The Labute approximate surface area is 86.8 Å². The van der Waals surface area contributed by atoms with Crippen molar-refractivity contribution in [1.82, 2.24) is 0 Å². The van der Waals surface area contributed by atoms with Gasteiger partial charge in [0.15, 0.2) is 0 Å². The Kier molecular flexibility index (Phi) is 3.07. The molecule has 0 saturated heterocycles. The minimum atomic E-state index is -3.35. The molecule has 0 aliphatic rings. The second-order valence-corrected chi connectivity index (χ2v) is 5.18. The molecule has 5 N–H and O–H groups in total. The number of phenolic OH excluding ortho intramolecular Hbond substituents is 1. The van der Waals surface area contributed by atoms with E-state index >= 15 is 0 Å². The van der Waals surface area contributed by atoms with E-state index in [1.165, 1.54) is 29.9 Å². The summed E-state index contributed by atoms with van der Waals surface area (Å²) in [6.07, 6.45) is 0. The summed E-state index contributed by atoms with van der Waals surface area (Å²) < 4.78 is 12.5. The highest BCUT2D eigenvalue weighted by molar-refractivity contribution is 7.60. The van der Waals surface area contributed by atoms with E-state index in [1.54, 1.807) is 0 Å². The van der Waals surface area contributed by atoms with E-state index in [9.17, 15) is 4.57 Å². The third-order valence-corrected chi connectivity index (χ3v) is 3.20. The first kappa shape index (κ1) is 11.3. The zero-order valence-electron chi connectivity index (χ0n) is 7.51. The Balaban J connectivity index is 3.14. The molecule has 0 spiro atoms. The molecule has 14 heavy (non-hydrogen) atoms. The Bertz CT molecular complexity index is 393. The summed E-state index contributed by atoms with van der Waals surface area (Å²) in [5.41, 5.74) is 10.9. The van der Waals surface area contributed by atoms with Crippen LogP contribution in [-0.2, 0) is 4.57 Å². The number of hydrogen-bond donors (Lipinski definition) is 3. The summed E-state index contributed by atoms with van der Waals surface area (Å²) in [7, 11) is -1.88. The van der Waals surface area contributed by atoms with E-state index in [0.717, 1.165) is 0 Å². The summed E-state index contributed by atoms with van der Waals surface area (Å²) in [5.74, 6) is 0.0241. The zero-order chi connectivity index (χ0) is 10.9. The molecule has 5 nitrogen and oxygen atoms in total. The first-order valence-corrected chi connectivity index (χ1v) is 5.90. The van der Waals surface area contributed by atoms with Crippen molar-refractivity contribution in [1.29, 1.82) is 0 Å². The van der Waals surface area contributed by atoms with Gasteiger partial charge in [-0.05, 0) is 12.1 Å². The molecule has 1 rings (SSSR count). The average molecular weight is 236 g/mol. The molecule has 7 heteroatoms. The van der Waals surface area contributed by atoms with Crippen LogP contribution < -0.4 is 15.7 Å². The number of benzene rings is 1. The highest BCUT2D eigenvalue weighted by Gasteiger charge is 2.19. The number of nitrogens with zero attached hydrogens (tertiary/aromatic N) is 1. The minimum Gasteiger partial charge on any atom is -0.508 e. The first-order chi connectivity index (χ1) is 6.32. The molecule has 0 radical (unpaired) electrons. The summed E-state index contributed by atoms with van der Waals surface area (Å²) in [4.78, 5) is 0. The smallest absolute Gasteiger partial charge is 0.300 e. The van der Waals surface area contributed by atoms with Crippen molar-refractivity contribution in [3.8, 4) is 5.75 Å². The first-order valence-electron chi connectivity index (χ1n) is 3.72. The molecule has 0 aliphatic carbocycles. The second-order valence-electron chi connectivity index (χ2n) is 2.83. The van der Waals surface area contributed by atoms with Crippen LogP contribution >= 0.6 is 19.2 Å². The maximum atomic E-state index is 11.3. The van der Waals surface area contributed by atoms with Crippen LogP contribution in [0.4, 0.5) is 5.69 Å². The quantitative estimate of drug-likeness (QED) is 0.676. The number of aromatic hydroxyl groups is 1. The lowest BCUT2D eigenvalue weighted by atomic mass is 10.3. The fraction of sp³-hybridized carbons (Fsp3) is 0.143. The number of phenols is 1.